The van der Waals surface area contributed by atoms with Crippen LogP contribution in [0.5, 0.6) is 0 Å². The molecular formula is C13H20N2O. The van der Waals surface area contributed by atoms with Crippen molar-refractivity contribution in [1.82, 2.24) is 10.3 Å². The van der Waals surface area contributed by atoms with Crippen molar-refractivity contribution in [1.29, 1.82) is 0 Å². The minimum absolute atomic E-state index is 0.356. The van der Waals surface area contributed by atoms with Gasteiger partial charge in [-0.15, -0.1) is 0 Å². The van der Waals surface area contributed by atoms with E-state index in [1.54, 1.807) is 12.4 Å². The summed E-state index contributed by atoms with van der Waals surface area (Å²) in [5, 5.41) is 13.9. The zero-order valence-corrected chi connectivity index (χ0v) is 9.82. The quantitative estimate of drug-likeness (QED) is 0.809. The predicted molar refractivity (Wildman–Crippen MR) is 64.2 cm³/mol. The fourth-order valence-electron chi connectivity index (χ4n) is 2.44. The van der Waals surface area contributed by atoms with Gasteiger partial charge in [0.25, 0.3) is 0 Å². The van der Waals surface area contributed by atoms with Crippen LogP contribution in [0.2, 0.25) is 0 Å². The maximum absolute atomic E-state index is 10.5. The highest BCUT2D eigenvalue weighted by atomic mass is 16.3. The first-order valence-electron chi connectivity index (χ1n) is 6.00. The van der Waals surface area contributed by atoms with Crippen LogP contribution in [0.25, 0.3) is 0 Å². The lowest BCUT2D eigenvalue weighted by Gasteiger charge is -2.36. The number of aromatic nitrogens is 1. The number of nitrogens with one attached hydrogen (secondary N) is 1. The summed E-state index contributed by atoms with van der Waals surface area (Å²) in [7, 11) is 0. The highest BCUT2D eigenvalue weighted by Crippen LogP contribution is 2.27. The zero-order valence-electron chi connectivity index (χ0n) is 9.82. The molecule has 0 aromatic carbocycles. The van der Waals surface area contributed by atoms with E-state index in [0.29, 0.717) is 12.3 Å². The van der Waals surface area contributed by atoms with Gasteiger partial charge in [0, 0.05) is 31.3 Å². The summed E-state index contributed by atoms with van der Waals surface area (Å²) in [6.07, 6.45) is 6.55. The lowest BCUT2D eigenvalue weighted by atomic mass is 9.80. The third-order valence-electron chi connectivity index (χ3n) is 3.49. The van der Waals surface area contributed by atoms with Crippen LogP contribution in [0.4, 0.5) is 0 Å². The van der Waals surface area contributed by atoms with Crippen molar-refractivity contribution in [3.63, 3.8) is 0 Å². The van der Waals surface area contributed by atoms with Gasteiger partial charge < -0.3 is 10.4 Å². The second-order valence-corrected chi connectivity index (χ2v) is 4.93. The lowest BCUT2D eigenvalue weighted by Crippen LogP contribution is -2.45. The number of nitrogens with zero attached hydrogens (tertiary/aromatic N) is 1. The van der Waals surface area contributed by atoms with Crippen molar-refractivity contribution < 1.29 is 5.11 Å². The summed E-state index contributed by atoms with van der Waals surface area (Å²) in [6, 6.07) is 3.95. The molecule has 1 aliphatic heterocycles. The molecule has 2 heterocycles. The molecule has 1 aromatic rings. The summed E-state index contributed by atoms with van der Waals surface area (Å²) in [6.45, 7) is 3.96. The molecular weight excluding hydrogens is 200 g/mol. The first-order chi connectivity index (χ1) is 7.68. The van der Waals surface area contributed by atoms with E-state index in [2.05, 4.69) is 10.3 Å². The SMILES string of the molecule is CC(O)(Cc1ccncc1)C1CCCNC1. The Bertz CT molecular complexity index is 318. The molecule has 3 heteroatoms. The van der Waals surface area contributed by atoms with Gasteiger partial charge in [-0.2, -0.15) is 0 Å². The minimum atomic E-state index is -0.616. The highest BCUT2D eigenvalue weighted by Gasteiger charge is 2.32. The molecule has 0 amide bonds. The molecule has 2 N–H and O–H groups in total. The van der Waals surface area contributed by atoms with Gasteiger partial charge in [0.05, 0.1) is 5.60 Å². The number of pyridine rings is 1. The first-order valence-corrected chi connectivity index (χ1v) is 6.00. The summed E-state index contributed by atoms with van der Waals surface area (Å²) in [5.41, 5.74) is 0.542. The van der Waals surface area contributed by atoms with Crippen LogP contribution >= 0.6 is 0 Å². The molecule has 16 heavy (non-hydrogen) atoms. The van der Waals surface area contributed by atoms with E-state index < -0.39 is 5.60 Å². The highest BCUT2D eigenvalue weighted by molar-refractivity contribution is 5.13. The number of rotatable bonds is 3. The van der Waals surface area contributed by atoms with Crippen LogP contribution < -0.4 is 5.32 Å². The molecule has 1 saturated heterocycles. The maximum atomic E-state index is 10.5. The smallest absolute Gasteiger partial charge is 0.0700 e. The van der Waals surface area contributed by atoms with Gasteiger partial charge in [0.1, 0.15) is 0 Å². The van der Waals surface area contributed by atoms with E-state index in [1.807, 2.05) is 19.1 Å². The fraction of sp³-hybridized carbons (Fsp3) is 0.615. The topological polar surface area (TPSA) is 45.2 Å². The third kappa shape index (κ3) is 2.80. The molecule has 0 saturated carbocycles. The Morgan fingerprint density at radius 3 is 2.88 bits per heavy atom. The first kappa shape index (κ1) is 11.6. The molecule has 2 unspecified atom stereocenters. The number of hydrogen-bond donors (Lipinski definition) is 2. The van der Waals surface area contributed by atoms with Crippen molar-refractivity contribution >= 4 is 0 Å². The van der Waals surface area contributed by atoms with Crippen LogP contribution in [-0.4, -0.2) is 28.8 Å². The Balaban J connectivity index is 2.01. The normalized spacial score (nSPS) is 25.0. The van der Waals surface area contributed by atoms with Crippen LogP contribution in [0.15, 0.2) is 24.5 Å². The third-order valence-corrected chi connectivity index (χ3v) is 3.49. The summed E-state index contributed by atoms with van der Waals surface area (Å²) < 4.78 is 0. The fourth-order valence-corrected chi connectivity index (χ4v) is 2.44. The molecule has 1 aromatic heterocycles. The van der Waals surface area contributed by atoms with Crippen molar-refractivity contribution in [2.45, 2.75) is 31.8 Å². The van der Waals surface area contributed by atoms with Crippen LogP contribution in [0.3, 0.4) is 0 Å². The monoisotopic (exact) mass is 220 g/mol. The molecule has 0 spiro atoms. The van der Waals surface area contributed by atoms with E-state index in [1.165, 1.54) is 0 Å². The molecule has 0 radical (unpaired) electrons. The average Bonchev–Trinajstić information content (AvgIpc) is 2.31. The minimum Gasteiger partial charge on any atom is -0.389 e. The van der Waals surface area contributed by atoms with E-state index in [-0.39, 0.29) is 0 Å². The summed E-state index contributed by atoms with van der Waals surface area (Å²) >= 11 is 0. The largest absolute Gasteiger partial charge is 0.389 e. The van der Waals surface area contributed by atoms with Gasteiger partial charge >= 0.3 is 0 Å². The maximum Gasteiger partial charge on any atom is 0.0700 e. The molecule has 88 valence electrons. The number of hydrogen-bond acceptors (Lipinski definition) is 3. The Morgan fingerprint density at radius 1 is 1.50 bits per heavy atom. The molecule has 0 aliphatic carbocycles. The standard InChI is InChI=1S/C13H20N2O/c1-13(16,12-3-2-6-15-10-12)9-11-4-7-14-8-5-11/h4-5,7-8,12,15-16H,2-3,6,9-10H2,1H3. The van der Waals surface area contributed by atoms with E-state index in [4.69, 9.17) is 0 Å². The number of aliphatic hydroxyl groups is 1. The van der Waals surface area contributed by atoms with Crippen molar-refractivity contribution in [2.75, 3.05) is 13.1 Å². The van der Waals surface area contributed by atoms with E-state index in [9.17, 15) is 5.11 Å². The molecule has 3 nitrogen and oxygen atoms in total. The van der Waals surface area contributed by atoms with Gasteiger partial charge in [-0.25, -0.2) is 0 Å². The Morgan fingerprint density at radius 2 is 2.25 bits per heavy atom. The molecule has 0 bridgehead atoms. The van der Waals surface area contributed by atoms with Crippen LogP contribution in [0, 0.1) is 5.92 Å². The molecule has 1 aliphatic rings. The Labute approximate surface area is 96.9 Å². The van der Waals surface area contributed by atoms with E-state index in [0.717, 1.165) is 31.5 Å². The number of piperidine rings is 1. The van der Waals surface area contributed by atoms with Gasteiger partial charge in [0.15, 0.2) is 0 Å². The second kappa shape index (κ2) is 4.93. The lowest BCUT2D eigenvalue weighted by molar-refractivity contribution is -0.0102. The van der Waals surface area contributed by atoms with Crippen molar-refractivity contribution in [2.24, 2.45) is 5.92 Å². The average molecular weight is 220 g/mol. The molecule has 2 rings (SSSR count). The molecule has 1 fully saturated rings. The van der Waals surface area contributed by atoms with Gasteiger partial charge in [-0.1, -0.05) is 0 Å². The van der Waals surface area contributed by atoms with Gasteiger partial charge in [0.2, 0.25) is 0 Å². The summed E-state index contributed by atoms with van der Waals surface area (Å²) in [5.74, 6) is 0.356. The van der Waals surface area contributed by atoms with Crippen molar-refractivity contribution in [3.05, 3.63) is 30.1 Å². The predicted octanol–water partition coefficient (Wildman–Crippen LogP) is 1.37. The Kier molecular flexibility index (Phi) is 3.56. The van der Waals surface area contributed by atoms with Crippen LogP contribution in [-0.2, 0) is 6.42 Å². The molecule has 2 atom stereocenters. The second-order valence-electron chi connectivity index (χ2n) is 4.93. The van der Waals surface area contributed by atoms with Crippen molar-refractivity contribution in [3.8, 4) is 0 Å². The van der Waals surface area contributed by atoms with Gasteiger partial charge in [-0.05, 0) is 44.0 Å². The zero-order chi connectivity index (χ0) is 11.4. The van der Waals surface area contributed by atoms with E-state index >= 15 is 0 Å². The summed E-state index contributed by atoms with van der Waals surface area (Å²) in [4.78, 5) is 3.99. The van der Waals surface area contributed by atoms with Crippen LogP contribution in [0.1, 0.15) is 25.3 Å². The van der Waals surface area contributed by atoms with Gasteiger partial charge in [-0.3, -0.25) is 4.98 Å². The Hall–Kier alpha value is -0.930.